The van der Waals surface area contributed by atoms with E-state index in [4.69, 9.17) is 0 Å². The van der Waals surface area contributed by atoms with Crippen LogP contribution in [0, 0.1) is 5.92 Å². The minimum absolute atomic E-state index is 0.138. The molecule has 5 heteroatoms. The molecular formula is C29H31N3O2. The average molecular weight is 454 g/mol. The van der Waals surface area contributed by atoms with Gasteiger partial charge in [0.05, 0.1) is 5.39 Å². The van der Waals surface area contributed by atoms with Crippen LogP contribution in [0.2, 0.25) is 0 Å². The Bertz CT molecular complexity index is 1250. The fraction of sp³-hybridized carbons (Fsp3) is 0.276. The average Bonchev–Trinajstić information content (AvgIpc) is 2.86. The summed E-state index contributed by atoms with van der Waals surface area (Å²) >= 11 is 0. The molecule has 174 valence electrons. The first kappa shape index (κ1) is 23.4. The maximum Gasteiger partial charge on any atom is 0.274 e. The van der Waals surface area contributed by atoms with Gasteiger partial charge in [0, 0.05) is 25.0 Å². The molecule has 4 rings (SSSR count). The van der Waals surface area contributed by atoms with Gasteiger partial charge in [-0.3, -0.25) is 9.59 Å². The molecule has 0 bridgehead atoms. The number of hydrogen-bond donors (Lipinski definition) is 0. The molecule has 0 atom stereocenters. The molecule has 0 spiro atoms. The number of carbonyl (C=O) groups excluding carboxylic acids is 1. The summed E-state index contributed by atoms with van der Waals surface area (Å²) in [4.78, 5) is 28.8. The number of carbonyl (C=O) groups is 1. The molecule has 0 aliphatic heterocycles. The Morgan fingerprint density at radius 3 is 1.82 bits per heavy atom. The van der Waals surface area contributed by atoms with Crippen molar-refractivity contribution in [1.29, 1.82) is 0 Å². The molecule has 0 N–H and O–H groups in total. The smallest absolute Gasteiger partial charge is 0.274 e. The van der Waals surface area contributed by atoms with Crippen molar-refractivity contribution in [3.05, 3.63) is 112 Å². The maximum absolute atomic E-state index is 13.9. The lowest BCUT2D eigenvalue weighted by molar-refractivity contribution is 0.0752. The number of rotatable bonds is 9. The summed E-state index contributed by atoms with van der Waals surface area (Å²) in [6.07, 6.45) is 1.51. The predicted molar refractivity (Wildman–Crippen MR) is 137 cm³/mol. The molecule has 0 saturated heterocycles. The van der Waals surface area contributed by atoms with Crippen molar-refractivity contribution in [3.63, 3.8) is 0 Å². The Kier molecular flexibility index (Phi) is 7.53. The number of amides is 1. The lowest BCUT2D eigenvalue weighted by Crippen LogP contribution is -2.37. The highest BCUT2D eigenvalue weighted by atomic mass is 16.2. The van der Waals surface area contributed by atoms with E-state index >= 15 is 0 Å². The molecule has 5 nitrogen and oxygen atoms in total. The molecule has 0 aliphatic rings. The zero-order chi connectivity index (χ0) is 23.9. The standard InChI is InChI=1S/C29H31N3O2/c1-22(2)21-32-28(33)26-16-10-9-15-25(26)27(30-32)29(34)31(19-17-23-11-5-3-6-12-23)20-18-24-13-7-4-8-14-24/h3-16,22H,17-21H2,1-2H3. The molecule has 0 aliphatic carbocycles. The Morgan fingerprint density at radius 1 is 0.794 bits per heavy atom. The third-order valence-corrected chi connectivity index (χ3v) is 5.92. The van der Waals surface area contributed by atoms with E-state index in [-0.39, 0.29) is 17.4 Å². The summed E-state index contributed by atoms with van der Waals surface area (Å²) < 4.78 is 1.45. The van der Waals surface area contributed by atoms with E-state index in [0.717, 1.165) is 12.8 Å². The van der Waals surface area contributed by atoms with Crippen LogP contribution in [0.15, 0.2) is 89.7 Å². The topological polar surface area (TPSA) is 55.2 Å². The quantitative estimate of drug-likeness (QED) is 0.359. The van der Waals surface area contributed by atoms with Gasteiger partial charge in [-0.1, -0.05) is 92.7 Å². The van der Waals surface area contributed by atoms with Crippen molar-refractivity contribution >= 4 is 16.7 Å². The monoisotopic (exact) mass is 453 g/mol. The molecule has 3 aromatic carbocycles. The van der Waals surface area contributed by atoms with Crippen molar-refractivity contribution in [2.24, 2.45) is 5.92 Å². The van der Waals surface area contributed by atoms with Crippen molar-refractivity contribution < 1.29 is 4.79 Å². The number of nitrogens with zero attached hydrogens (tertiary/aromatic N) is 3. The van der Waals surface area contributed by atoms with Crippen LogP contribution in [0.1, 0.15) is 35.5 Å². The minimum Gasteiger partial charge on any atom is -0.337 e. The highest BCUT2D eigenvalue weighted by Gasteiger charge is 2.22. The molecule has 1 heterocycles. The van der Waals surface area contributed by atoms with Gasteiger partial charge >= 0.3 is 0 Å². The SMILES string of the molecule is CC(C)Cn1nc(C(=O)N(CCc2ccccc2)CCc2ccccc2)c2ccccc2c1=O. The first-order valence-electron chi connectivity index (χ1n) is 11.9. The Morgan fingerprint density at radius 2 is 1.29 bits per heavy atom. The largest absolute Gasteiger partial charge is 0.337 e. The Hall–Kier alpha value is -3.73. The highest BCUT2D eigenvalue weighted by molar-refractivity contribution is 6.04. The van der Waals surface area contributed by atoms with Gasteiger partial charge in [-0.15, -0.1) is 0 Å². The second kappa shape index (κ2) is 10.9. The zero-order valence-corrected chi connectivity index (χ0v) is 19.9. The summed E-state index contributed by atoms with van der Waals surface area (Å²) in [6.45, 7) is 5.70. The number of aromatic nitrogens is 2. The summed E-state index contributed by atoms with van der Waals surface area (Å²) in [5.41, 5.74) is 2.56. The van der Waals surface area contributed by atoms with Crippen molar-refractivity contribution in [2.45, 2.75) is 33.2 Å². The second-order valence-electron chi connectivity index (χ2n) is 9.04. The maximum atomic E-state index is 13.9. The molecular weight excluding hydrogens is 422 g/mol. The van der Waals surface area contributed by atoms with E-state index < -0.39 is 0 Å². The van der Waals surface area contributed by atoms with Gasteiger partial charge in [-0.25, -0.2) is 4.68 Å². The molecule has 34 heavy (non-hydrogen) atoms. The lowest BCUT2D eigenvalue weighted by Gasteiger charge is -2.24. The highest BCUT2D eigenvalue weighted by Crippen LogP contribution is 2.17. The predicted octanol–water partition coefficient (Wildman–Crippen LogP) is 4.98. The molecule has 1 aromatic heterocycles. The number of hydrogen-bond acceptors (Lipinski definition) is 3. The van der Waals surface area contributed by atoms with Crippen molar-refractivity contribution in [1.82, 2.24) is 14.7 Å². The molecule has 0 unspecified atom stereocenters. The lowest BCUT2D eigenvalue weighted by atomic mass is 10.1. The third-order valence-electron chi connectivity index (χ3n) is 5.92. The minimum atomic E-state index is -0.152. The molecule has 1 amide bonds. The van der Waals surface area contributed by atoms with Gasteiger partial charge in [-0.2, -0.15) is 5.10 Å². The number of benzene rings is 3. The van der Waals surface area contributed by atoms with Crippen LogP contribution in [0.3, 0.4) is 0 Å². The van der Waals surface area contributed by atoms with E-state index in [1.54, 1.807) is 6.07 Å². The third kappa shape index (κ3) is 5.60. The van der Waals surface area contributed by atoms with Gasteiger partial charge < -0.3 is 4.90 Å². The molecule has 0 saturated carbocycles. The normalized spacial score (nSPS) is 11.1. The van der Waals surface area contributed by atoms with E-state index in [1.165, 1.54) is 15.8 Å². The van der Waals surface area contributed by atoms with Crippen LogP contribution < -0.4 is 5.56 Å². The van der Waals surface area contributed by atoms with Gasteiger partial charge in [0.1, 0.15) is 0 Å². The Labute approximate surface area is 200 Å². The fourth-order valence-electron chi connectivity index (χ4n) is 4.14. The first-order chi connectivity index (χ1) is 16.5. The van der Waals surface area contributed by atoms with Gasteiger partial charge in [0.25, 0.3) is 11.5 Å². The van der Waals surface area contributed by atoms with E-state index in [2.05, 4.69) is 29.4 Å². The summed E-state index contributed by atoms with van der Waals surface area (Å²) in [5, 5.41) is 5.73. The van der Waals surface area contributed by atoms with Crippen LogP contribution in [-0.4, -0.2) is 33.7 Å². The second-order valence-corrected chi connectivity index (χ2v) is 9.04. The van der Waals surface area contributed by atoms with Crippen LogP contribution in [0.25, 0.3) is 10.8 Å². The van der Waals surface area contributed by atoms with Crippen LogP contribution in [0.5, 0.6) is 0 Å². The first-order valence-corrected chi connectivity index (χ1v) is 11.9. The van der Waals surface area contributed by atoms with Crippen molar-refractivity contribution in [2.75, 3.05) is 13.1 Å². The Balaban J connectivity index is 1.69. The fourth-order valence-corrected chi connectivity index (χ4v) is 4.14. The van der Waals surface area contributed by atoms with Crippen LogP contribution in [0.4, 0.5) is 0 Å². The van der Waals surface area contributed by atoms with Crippen LogP contribution in [-0.2, 0) is 19.4 Å². The summed E-state index contributed by atoms with van der Waals surface area (Å²) in [5.74, 6) is 0.0992. The molecule has 4 aromatic rings. The molecule has 0 fully saturated rings. The zero-order valence-electron chi connectivity index (χ0n) is 19.9. The van der Waals surface area contributed by atoms with E-state index in [0.29, 0.717) is 36.1 Å². The number of fused-ring (bicyclic) bond motifs is 1. The molecule has 0 radical (unpaired) electrons. The van der Waals surface area contributed by atoms with E-state index in [1.807, 2.05) is 73.3 Å². The van der Waals surface area contributed by atoms with Crippen molar-refractivity contribution in [3.8, 4) is 0 Å². The van der Waals surface area contributed by atoms with E-state index in [9.17, 15) is 9.59 Å². The van der Waals surface area contributed by atoms with Gasteiger partial charge in [-0.05, 0) is 36.0 Å². The van der Waals surface area contributed by atoms with Gasteiger partial charge in [0.15, 0.2) is 5.69 Å². The summed E-state index contributed by atoms with van der Waals surface area (Å²) in [6, 6.07) is 27.7. The summed E-state index contributed by atoms with van der Waals surface area (Å²) in [7, 11) is 0. The van der Waals surface area contributed by atoms with Crippen LogP contribution >= 0.6 is 0 Å². The van der Waals surface area contributed by atoms with Gasteiger partial charge in [0.2, 0.25) is 0 Å².